The molecule has 1 rings (SSSR count). The normalized spacial score (nSPS) is 10.7. The third-order valence-electron chi connectivity index (χ3n) is 2.64. The lowest BCUT2D eigenvalue weighted by Crippen LogP contribution is -2.00. The van der Waals surface area contributed by atoms with Gasteiger partial charge < -0.3 is 5.11 Å². The smallest absolute Gasteiger partial charge is 0.163 e. The molecular formula is C13H17O2. The maximum Gasteiger partial charge on any atom is 0.163 e. The van der Waals surface area contributed by atoms with Gasteiger partial charge in [-0.2, -0.15) is 0 Å². The summed E-state index contributed by atoms with van der Waals surface area (Å²) in [5, 5.41) is 9.50. The number of Topliss-reactive ketones (excluding diaryl/α,β-unsaturated/α-hetero) is 1. The van der Waals surface area contributed by atoms with E-state index in [-0.39, 0.29) is 11.5 Å². The molecule has 0 atom stereocenters. The van der Waals surface area contributed by atoms with Crippen LogP contribution in [0.3, 0.4) is 0 Å². The average molecular weight is 205 g/mol. The van der Waals surface area contributed by atoms with E-state index in [2.05, 4.69) is 13.8 Å². The second kappa shape index (κ2) is 4.96. The summed E-state index contributed by atoms with van der Waals surface area (Å²) < 4.78 is 0. The molecule has 2 heteroatoms. The number of rotatable bonds is 4. The van der Waals surface area contributed by atoms with Crippen molar-refractivity contribution in [3.63, 3.8) is 0 Å². The third-order valence-corrected chi connectivity index (χ3v) is 2.64. The second-order valence-corrected chi connectivity index (χ2v) is 3.60. The minimum atomic E-state index is -0.0964. The van der Waals surface area contributed by atoms with E-state index in [0.29, 0.717) is 5.56 Å². The summed E-state index contributed by atoms with van der Waals surface area (Å²) in [7, 11) is 0. The molecule has 1 radical (unpaired) electrons. The Hall–Kier alpha value is -1.31. The molecule has 0 bridgehead atoms. The van der Waals surface area contributed by atoms with Crippen LogP contribution < -0.4 is 0 Å². The number of carbonyl (C=O) groups is 1. The third kappa shape index (κ3) is 2.58. The molecule has 1 N–H and O–H groups in total. The molecule has 0 heterocycles. The predicted molar refractivity (Wildman–Crippen MR) is 61.0 cm³/mol. The lowest BCUT2D eigenvalue weighted by molar-refractivity contribution is 0.101. The highest BCUT2D eigenvalue weighted by Crippen LogP contribution is 2.27. The maximum absolute atomic E-state index is 11.2. The van der Waals surface area contributed by atoms with Gasteiger partial charge in [0.2, 0.25) is 0 Å². The summed E-state index contributed by atoms with van der Waals surface area (Å²) in [6.45, 7) is 5.66. The van der Waals surface area contributed by atoms with Crippen LogP contribution in [-0.4, -0.2) is 10.9 Å². The molecule has 15 heavy (non-hydrogen) atoms. The van der Waals surface area contributed by atoms with Crippen LogP contribution >= 0.6 is 0 Å². The quantitative estimate of drug-likeness (QED) is 0.765. The van der Waals surface area contributed by atoms with E-state index in [0.717, 1.165) is 18.4 Å². The molecule has 0 spiro atoms. The Balaban J connectivity index is 3.11. The van der Waals surface area contributed by atoms with E-state index in [1.165, 1.54) is 12.8 Å². The van der Waals surface area contributed by atoms with E-state index in [4.69, 9.17) is 0 Å². The van der Waals surface area contributed by atoms with Crippen LogP contribution in [0.2, 0.25) is 0 Å². The Kier molecular flexibility index (Phi) is 3.89. The molecule has 1 aromatic carbocycles. The van der Waals surface area contributed by atoms with Crippen LogP contribution in [0.4, 0.5) is 0 Å². The SMILES string of the molecule is CC[C](CC)c1ccc(O)c(C(C)=O)c1. The number of benzene rings is 1. The van der Waals surface area contributed by atoms with Gasteiger partial charge >= 0.3 is 0 Å². The Morgan fingerprint density at radius 2 is 1.87 bits per heavy atom. The van der Waals surface area contributed by atoms with Crippen molar-refractivity contribution in [2.24, 2.45) is 0 Å². The minimum absolute atomic E-state index is 0.0674. The second-order valence-electron chi connectivity index (χ2n) is 3.60. The van der Waals surface area contributed by atoms with E-state index >= 15 is 0 Å². The zero-order chi connectivity index (χ0) is 11.4. The summed E-state index contributed by atoms with van der Waals surface area (Å²) in [6, 6.07) is 5.24. The van der Waals surface area contributed by atoms with Gasteiger partial charge in [0.1, 0.15) is 5.75 Å². The van der Waals surface area contributed by atoms with Crippen LogP contribution in [-0.2, 0) is 0 Å². The summed E-state index contributed by atoms with van der Waals surface area (Å²) in [5.74, 6) is 1.27. The number of phenols is 1. The van der Waals surface area contributed by atoms with Gasteiger partial charge in [-0.25, -0.2) is 0 Å². The molecule has 0 aliphatic rings. The molecule has 0 aromatic heterocycles. The first-order chi connectivity index (χ1) is 7.10. The molecule has 0 saturated carbocycles. The lowest BCUT2D eigenvalue weighted by atomic mass is 9.92. The zero-order valence-corrected chi connectivity index (χ0v) is 9.50. The van der Waals surface area contributed by atoms with Crippen LogP contribution in [0.5, 0.6) is 5.75 Å². The molecule has 0 aliphatic carbocycles. The highest BCUT2D eigenvalue weighted by atomic mass is 16.3. The summed E-state index contributed by atoms with van der Waals surface area (Å²) in [5.41, 5.74) is 1.47. The number of aromatic hydroxyl groups is 1. The number of ketones is 1. The van der Waals surface area contributed by atoms with Gasteiger partial charge in [-0.1, -0.05) is 19.9 Å². The van der Waals surface area contributed by atoms with Crippen LogP contribution in [0.15, 0.2) is 18.2 Å². The van der Waals surface area contributed by atoms with Crippen molar-refractivity contribution in [1.82, 2.24) is 0 Å². The Morgan fingerprint density at radius 1 is 1.27 bits per heavy atom. The van der Waals surface area contributed by atoms with Crippen molar-refractivity contribution in [2.45, 2.75) is 33.6 Å². The van der Waals surface area contributed by atoms with Crippen LogP contribution in [0, 0.1) is 5.92 Å². The highest BCUT2D eigenvalue weighted by Gasteiger charge is 2.12. The molecule has 0 fully saturated rings. The molecule has 0 amide bonds. The van der Waals surface area contributed by atoms with E-state index in [1.54, 1.807) is 12.1 Å². The van der Waals surface area contributed by atoms with Crippen LogP contribution in [0.25, 0.3) is 0 Å². The maximum atomic E-state index is 11.2. The van der Waals surface area contributed by atoms with Crippen LogP contribution in [0.1, 0.15) is 49.5 Å². The van der Waals surface area contributed by atoms with Gasteiger partial charge in [-0.05, 0) is 37.5 Å². The minimum Gasteiger partial charge on any atom is -0.507 e. The first-order valence-corrected chi connectivity index (χ1v) is 5.29. The van der Waals surface area contributed by atoms with Gasteiger partial charge in [-0.15, -0.1) is 0 Å². The van der Waals surface area contributed by atoms with E-state index < -0.39 is 0 Å². The predicted octanol–water partition coefficient (Wildman–Crippen LogP) is 3.34. The molecule has 2 nitrogen and oxygen atoms in total. The fourth-order valence-electron chi connectivity index (χ4n) is 1.70. The van der Waals surface area contributed by atoms with Crippen molar-refractivity contribution in [3.05, 3.63) is 35.2 Å². The topological polar surface area (TPSA) is 37.3 Å². The number of hydrogen-bond donors (Lipinski definition) is 1. The van der Waals surface area contributed by atoms with Crippen molar-refractivity contribution < 1.29 is 9.90 Å². The molecule has 0 aliphatic heterocycles. The number of phenolic OH excluding ortho intramolecular Hbond substituents is 1. The van der Waals surface area contributed by atoms with Gasteiger partial charge in [0, 0.05) is 5.92 Å². The monoisotopic (exact) mass is 205 g/mol. The molecular weight excluding hydrogens is 188 g/mol. The largest absolute Gasteiger partial charge is 0.507 e. The number of hydrogen-bond acceptors (Lipinski definition) is 2. The Labute approximate surface area is 90.9 Å². The number of carbonyl (C=O) groups excluding carboxylic acids is 1. The van der Waals surface area contributed by atoms with Crippen molar-refractivity contribution >= 4 is 5.78 Å². The fourth-order valence-corrected chi connectivity index (χ4v) is 1.70. The molecule has 0 unspecified atom stereocenters. The van der Waals surface area contributed by atoms with Gasteiger partial charge in [0.05, 0.1) is 5.56 Å². The highest BCUT2D eigenvalue weighted by molar-refractivity contribution is 5.97. The van der Waals surface area contributed by atoms with Gasteiger partial charge in [-0.3, -0.25) is 4.79 Å². The Morgan fingerprint density at radius 3 is 2.33 bits per heavy atom. The van der Waals surface area contributed by atoms with E-state index in [1.807, 2.05) is 6.07 Å². The molecule has 0 saturated heterocycles. The van der Waals surface area contributed by atoms with Gasteiger partial charge in [0.15, 0.2) is 5.78 Å². The molecule has 1 aromatic rings. The summed E-state index contributed by atoms with van der Waals surface area (Å²) in [4.78, 5) is 11.2. The summed E-state index contributed by atoms with van der Waals surface area (Å²) >= 11 is 0. The first-order valence-electron chi connectivity index (χ1n) is 5.29. The summed E-state index contributed by atoms with van der Waals surface area (Å²) in [6.07, 6.45) is 1.94. The van der Waals surface area contributed by atoms with Crippen molar-refractivity contribution in [2.75, 3.05) is 0 Å². The van der Waals surface area contributed by atoms with Crippen molar-refractivity contribution in [1.29, 1.82) is 0 Å². The molecule has 81 valence electrons. The van der Waals surface area contributed by atoms with Crippen molar-refractivity contribution in [3.8, 4) is 5.75 Å². The first kappa shape index (κ1) is 11.8. The average Bonchev–Trinajstić information content (AvgIpc) is 2.21. The zero-order valence-electron chi connectivity index (χ0n) is 9.50. The standard InChI is InChI=1S/C13H17O2/c1-4-10(5-2)11-6-7-13(15)12(8-11)9(3)14/h6-8,15H,4-5H2,1-3H3. The van der Waals surface area contributed by atoms with Gasteiger partial charge in [0.25, 0.3) is 0 Å². The van der Waals surface area contributed by atoms with E-state index in [9.17, 15) is 9.90 Å². The Bertz CT molecular complexity index is 352. The lowest BCUT2D eigenvalue weighted by Gasteiger charge is -2.13. The fraction of sp³-hybridized carbons (Fsp3) is 0.385.